The average Bonchev–Trinajstić information content (AvgIpc) is 2.88. The number of hydrogen-bond donors (Lipinski definition) is 3. The minimum Gasteiger partial charge on any atom is -0.480 e. The molecule has 3 N–H and O–H groups in total. The van der Waals surface area contributed by atoms with Crippen molar-refractivity contribution in [3.05, 3.63) is 94.0 Å². The summed E-state index contributed by atoms with van der Waals surface area (Å²) in [5, 5.41) is 13.3. The molecule has 7 nitrogen and oxygen atoms in total. The van der Waals surface area contributed by atoms with E-state index < -0.39 is 65.8 Å². The molecule has 0 fully saturated rings. The van der Waals surface area contributed by atoms with Crippen LogP contribution in [0.25, 0.3) is 0 Å². The summed E-state index contributed by atoms with van der Waals surface area (Å²) >= 11 is 5.94. The lowest BCUT2D eigenvalue weighted by atomic mass is 9.80. The number of urea groups is 1. The topological polar surface area (TPSA) is 101 Å². The summed E-state index contributed by atoms with van der Waals surface area (Å²) in [7, 11) is 0. The van der Waals surface area contributed by atoms with Crippen molar-refractivity contribution >= 4 is 23.6 Å². The first kappa shape index (κ1) is 33.4. The number of aromatic nitrogens is 1. The molecule has 16 heteroatoms. The summed E-state index contributed by atoms with van der Waals surface area (Å²) in [5.74, 6) is -4.41. The van der Waals surface area contributed by atoms with Gasteiger partial charge in [-0.3, -0.25) is 4.98 Å². The Hall–Kier alpha value is -4.14. The van der Waals surface area contributed by atoms with E-state index in [-0.39, 0.29) is 17.1 Å². The predicted molar refractivity (Wildman–Crippen MR) is 137 cm³/mol. The lowest BCUT2D eigenvalue weighted by Gasteiger charge is -2.36. The van der Waals surface area contributed by atoms with Crippen LogP contribution in [0.5, 0.6) is 5.75 Å². The zero-order valence-corrected chi connectivity index (χ0v) is 22.6. The number of carboxylic acids is 1. The number of aliphatic carboxylic acids is 1. The Morgan fingerprint density at radius 3 is 2.21 bits per heavy atom. The first-order valence-corrected chi connectivity index (χ1v) is 12.5. The van der Waals surface area contributed by atoms with E-state index in [2.05, 4.69) is 15.0 Å². The van der Waals surface area contributed by atoms with Crippen LogP contribution in [0.15, 0.2) is 60.8 Å². The molecule has 0 saturated carbocycles. The lowest BCUT2D eigenvalue weighted by molar-refractivity contribution is -0.253. The van der Waals surface area contributed by atoms with E-state index in [9.17, 15) is 49.8 Å². The molecule has 0 radical (unpaired) electrons. The van der Waals surface area contributed by atoms with Gasteiger partial charge in [0, 0.05) is 18.7 Å². The first-order chi connectivity index (χ1) is 19.9. The van der Waals surface area contributed by atoms with E-state index in [4.69, 9.17) is 11.6 Å². The summed E-state index contributed by atoms with van der Waals surface area (Å²) in [6.45, 7) is 1.75. The molecular weight excluding hydrogens is 618 g/mol. The second-order valence-electron chi connectivity index (χ2n) is 9.38. The number of carboxylic acid groups (broad SMARTS) is 1. The van der Waals surface area contributed by atoms with Crippen LogP contribution in [-0.2, 0) is 16.8 Å². The van der Waals surface area contributed by atoms with Crippen LogP contribution in [0.2, 0.25) is 5.02 Å². The molecule has 0 spiro atoms. The third-order valence-corrected chi connectivity index (χ3v) is 6.22. The Labute approximate surface area is 243 Å². The highest BCUT2D eigenvalue weighted by Crippen LogP contribution is 2.37. The van der Waals surface area contributed by atoms with Crippen molar-refractivity contribution in [1.29, 1.82) is 0 Å². The predicted octanol–water partition coefficient (Wildman–Crippen LogP) is 6.61. The molecule has 1 unspecified atom stereocenters. The van der Waals surface area contributed by atoms with Crippen LogP contribution in [0.3, 0.4) is 0 Å². The highest BCUT2D eigenvalue weighted by atomic mass is 35.5. The highest BCUT2D eigenvalue weighted by Gasteiger charge is 2.45. The largest absolute Gasteiger partial charge is 0.480 e. The van der Waals surface area contributed by atoms with E-state index in [1.807, 2.05) is 0 Å². The minimum absolute atomic E-state index is 0.0772. The Morgan fingerprint density at radius 2 is 1.67 bits per heavy atom. The van der Waals surface area contributed by atoms with E-state index in [1.165, 1.54) is 12.1 Å². The van der Waals surface area contributed by atoms with Gasteiger partial charge < -0.3 is 20.5 Å². The zero-order valence-electron chi connectivity index (χ0n) is 21.9. The first-order valence-electron chi connectivity index (χ1n) is 12.1. The molecular formula is C27H22ClF8N3O4. The number of nitrogens with one attached hydrogen (secondary N) is 2. The highest BCUT2D eigenvalue weighted by molar-refractivity contribution is 6.30. The maximum Gasteiger partial charge on any atom is 0.461 e. The number of alkyl halides is 7. The number of amides is 2. The maximum absolute atomic E-state index is 14.9. The standard InChI is InChI=1S/C27H22ClF8N3O4/c1-14-2-4-15(5-3-14)11-25(21-7-6-17(28)13-37-21,39-24(42)38-20(22(40)41)12-26(32,33)34)16-8-18(29)10-19(9-16)43-27(35,36)23(30)31/h2-10,13,20,23H,11-12H2,1H3,(H,40,41)(H2,38,39,42)/t20?,25-/m0/s1. The van der Waals surface area contributed by atoms with Gasteiger partial charge in [0.15, 0.2) is 0 Å². The molecule has 0 aliphatic heterocycles. The number of halogens is 9. The molecule has 1 heterocycles. The maximum atomic E-state index is 14.9. The minimum atomic E-state index is -5.06. The lowest BCUT2D eigenvalue weighted by Crippen LogP contribution is -2.56. The van der Waals surface area contributed by atoms with Gasteiger partial charge >= 0.3 is 30.7 Å². The fourth-order valence-electron chi connectivity index (χ4n) is 4.05. The quantitative estimate of drug-likeness (QED) is 0.205. The van der Waals surface area contributed by atoms with Crippen LogP contribution in [0.4, 0.5) is 39.9 Å². The third kappa shape index (κ3) is 8.92. The normalized spacial score (nSPS) is 14.1. The van der Waals surface area contributed by atoms with Crippen LogP contribution in [0, 0.1) is 12.7 Å². The zero-order chi connectivity index (χ0) is 32.2. The smallest absolute Gasteiger partial charge is 0.461 e. The fourth-order valence-corrected chi connectivity index (χ4v) is 4.16. The number of rotatable bonds is 11. The molecule has 3 aromatic rings. The molecule has 0 bridgehead atoms. The summed E-state index contributed by atoms with van der Waals surface area (Å²) in [5.41, 5.74) is -1.59. The van der Waals surface area contributed by atoms with Gasteiger partial charge in [0.2, 0.25) is 0 Å². The third-order valence-electron chi connectivity index (χ3n) is 5.99. The Kier molecular flexibility index (Phi) is 10.1. The Balaban J connectivity index is 2.24. The number of benzene rings is 2. The van der Waals surface area contributed by atoms with Crippen LogP contribution < -0.4 is 15.4 Å². The van der Waals surface area contributed by atoms with Gasteiger partial charge in [0.25, 0.3) is 0 Å². The van der Waals surface area contributed by atoms with Crippen LogP contribution >= 0.6 is 11.6 Å². The van der Waals surface area contributed by atoms with E-state index >= 15 is 0 Å². The number of pyridine rings is 1. The second kappa shape index (κ2) is 13.0. The molecule has 232 valence electrons. The molecule has 0 aliphatic rings. The van der Waals surface area contributed by atoms with Crippen molar-refractivity contribution in [1.82, 2.24) is 15.6 Å². The van der Waals surface area contributed by atoms with Gasteiger partial charge in [-0.2, -0.15) is 30.7 Å². The van der Waals surface area contributed by atoms with Crippen LogP contribution in [0.1, 0.15) is 28.8 Å². The molecule has 0 aliphatic carbocycles. The number of hydrogen-bond acceptors (Lipinski definition) is 4. The fraction of sp³-hybridized carbons (Fsp3) is 0.296. The average molecular weight is 640 g/mol. The van der Waals surface area contributed by atoms with Gasteiger partial charge in [-0.25, -0.2) is 14.0 Å². The molecule has 2 atom stereocenters. The van der Waals surface area contributed by atoms with Crippen molar-refractivity contribution in [2.75, 3.05) is 0 Å². The molecule has 3 rings (SSSR count). The van der Waals surface area contributed by atoms with Gasteiger partial charge in [0.1, 0.15) is 23.1 Å². The number of carbonyl (C=O) groups excluding carboxylic acids is 1. The molecule has 2 amide bonds. The van der Waals surface area contributed by atoms with Crippen molar-refractivity contribution < 1.29 is 54.6 Å². The van der Waals surface area contributed by atoms with E-state index in [0.717, 1.165) is 17.8 Å². The van der Waals surface area contributed by atoms with Gasteiger partial charge in [-0.05, 0) is 42.3 Å². The van der Waals surface area contributed by atoms with Crippen LogP contribution in [-0.4, -0.2) is 46.8 Å². The number of aryl methyl sites for hydroxylation is 1. The molecule has 1 aromatic heterocycles. The Morgan fingerprint density at radius 1 is 1.02 bits per heavy atom. The van der Waals surface area contributed by atoms with E-state index in [0.29, 0.717) is 17.7 Å². The Bertz CT molecular complexity index is 1440. The van der Waals surface area contributed by atoms with Gasteiger partial charge in [0.05, 0.1) is 17.1 Å². The van der Waals surface area contributed by atoms with Gasteiger partial charge in [-0.15, -0.1) is 0 Å². The number of carbonyl (C=O) groups is 2. The summed E-state index contributed by atoms with van der Waals surface area (Å²) in [4.78, 5) is 28.8. The van der Waals surface area contributed by atoms with Crippen molar-refractivity contribution in [3.63, 3.8) is 0 Å². The second-order valence-corrected chi connectivity index (χ2v) is 9.81. The number of nitrogens with zero attached hydrogens (tertiary/aromatic N) is 1. The van der Waals surface area contributed by atoms with Crippen molar-refractivity contribution in [3.8, 4) is 5.75 Å². The van der Waals surface area contributed by atoms with Crippen molar-refractivity contribution in [2.45, 2.75) is 50.1 Å². The van der Waals surface area contributed by atoms with Gasteiger partial charge in [-0.1, -0.05) is 41.4 Å². The SMILES string of the molecule is Cc1ccc(C[C@](NC(=O)NC(CC(F)(F)F)C(=O)O)(c2cc(F)cc(OC(F)(F)C(F)F)c2)c2ccc(Cl)cn2)cc1. The number of ether oxygens (including phenoxy) is 1. The molecule has 43 heavy (non-hydrogen) atoms. The molecule has 2 aromatic carbocycles. The monoisotopic (exact) mass is 639 g/mol. The summed E-state index contributed by atoms with van der Waals surface area (Å²) in [6.07, 6.45) is -15.6. The summed E-state index contributed by atoms with van der Waals surface area (Å²) in [6, 6.07) is 6.73. The molecule has 0 saturated heterocycles. The van der Waals surface area contributed by atoms with Crippen molar-refractivity contribution in [2.24, 2.45) is 0 Å². The van der Waals surface area contributed by atoms with E-state index in [1.54, 1.807) is 36.5 Å². The summed E-state index contributed by atoms with van der Waals surface area (Å²) < 4.78 is 111.